The molecule has 3 nitrogen and oxygen atoms in total. The Kier molecular flexibility index (Phi) is 3.22. The first kappa shape index (κ1) is 12.2. The molecule has 1 N–H and O–H groups in total. The Balaban J connectivity index is 1.93. The zero-order valence-electron chi connectivity index (χ0n) is 9.87. The molecule has 0 atom stereocenters. The van der Waals surface area contributed by atoms with Crippen LogP contribution in [0, 0.1) is 42.9 Å². The SMILES string of the molecule is N#Cc1ccc(-c2sc([C]3[CH][CH][CH][CH]3)nc2O)cc1. The van der Waals surface area contributed by atoms with Gasteiger partial charge >= 0.3 is 0 Å². The van der Waals surface area contributed by atoms with Crippen LogP contribution >= 0.6 is 11.3 Å². The summed E-state index contributed by atoms with van der Waals surface area (Å²) in [5.41, 5.74) is 1.47. The first-order valence-corrected chi connectivity index (χ1v) is 6.52. The van der Waals surface area contributed by atoms with E-state index in [1.807, 2.05) is 37.8 Å². The highest BCUT2D eigenvalue weighted by Crippen LogP contribution is 2.40. The lowest BCUT2D eigenvalue weighted by molar-refractivity contribution is 0.458. The van der Waals surface area contributed by atoms with Crippen LogP contribution in [0.15, 0.2) is 24.3 Å². The normalized spacial score (nSPS) is 15.5. The van der Waals surface area contributed by atoms with Crippen LogP contribution < -0.4 is 0 Å². The molecule has 3 rings (SSSR count). The molecule has 0 amide bonds. The van der Waals surface area contributed by atoms with Crippen molar-refractivity contribution >= 4 is 11.3 Å². The molecular weight excluding hydrogens is 256 g/mol. The van der Waals surface area contributed by atoms with Gasteiger partial charge in [0.1, 0.15) is 5.01 Å². The number of nitrogens with zero attached hydrogens (tertiary/aromatic N) is 2. The van der Waals surface area contributed by atoms with Crippen LogP contribution in [0.4, 0.5) is 0 Å². The zero-order chi connectivity index (χ0) is 13.2. The molecule has 1 aromatic carbocycles. The van der Waals surface area contributed by atoms with E-state index in [-0.39, 0.29) is 5.88 Å². The van der Waals surface area contributed by atoms with Gasteiger partial charge in [0.25, 0.3) is 0 Å². The summed E-state index contributed by atoms with van der Waals surface area (Å²) in [6, 6.07) is 9.18. The summed E-state index contributed by atoms with van der Waals surface area (Å²) in [4.78, 5) is 4.90. The molecule has 1 heterocycles. The largest absolute Gasteiger partial charge is 0.492 e. The Morgan fingerprint density at radius 1 is 1.11 bits per heavy atom. The Morgan fingerprint density at radius 3 is 2.42 bits per heavy atom. The van der Waals surface area contributed by atoms with E-state index in [1.165, 1.54) is 11.3 Å². The number of thiazole rings is 1. The maximum atomic E-state index is 9.94. The predicted octanol–water partition coefficient (Wildman–Crippen LogP) is 3.14. The molecule has 0 unspecified atom stereocenters. The lowest BCUT2D eigenvalue weighted by atomic mass is 10.1. The van der Waals surface area contributed by atoms with Crippen molar-refractivity contribution in [2.75, 3.05) is 0 Å². The fraction of sp³-hybridized carbons (Fsp3) is 0. The Bertz CT molecular complexity index is 619. The fourth-order valence-electron chi connectivity index (χ4n) is 1.84. The summed E-state index contributed by atoms with van der Waals surface area (Å²) in [6.07, 6.45) is 7.80. The Morgan fingerprint density at radius 2 is 1.79 bits per heavy atom. The van der Waals surface area contributed by atoms with E-state index in [0.717, 1.165) is 21.4 Å². The van der Waals surface area contributed by atoms with Gasteiger partial charge < -0.3 is 5.11 Å². The molecule has 0 spiro atoms. The third-order valence-corrected chi connectivity index (χ3v) is 3.94. The van der Waals surface area contributed by atoms with Gasteiger partial charge in [0, 0.05) is 5.92 Å². The molecule has 0 bridgehead atoms. The number of nitriles is 1. The van der Waals surface area contributed by atoms with Crippen molar-refractivity contribution < 1.29 is 5.11 Å². The third kappa shape index (κ3) is 2.34. The molecule has 0 saturated heterocycles. The van der Waals surface area contributed by atoms with Gasteiger partial charge in [0.05, 0.1) is 16.5 Å². The number of hydrogen-bond acceptors (Lipinski definition) is 4. The van der Waals surface area contributed by atoms with E-state index < -0.39 is 0 Å². The standard InChI is InChI=1S/C15H9N2OS/c16-9-10-5-7-11(8-6-10)13-14(18)17-15(19-13)12-3-1-2-4-12/h1-8,18H. The van der Waals surface area contributed by atoms with Gasteiger partial charge in [0.2, 0.25) is 5.88 Å². The van der Waals surface area contributed by atoms with Crippen molar-refractivity contribution in [3.05, 3.63) is 66.4 Å². The summed E-state index contributed by atoms with van der Waals surface area (Å²) in [7, 11) is 0. The molecule has 1 aliphatic rings. The van der Waals surface area contributed by atoms with E-state index in [0.29, 0.717) is 5.56 Å². The van der Waals surface area contributed by atoms with Crippen molar-refractivity contribution in [2.24, 2.45) is 0 Å². The number of aromatic hydroxyl groups is 1. The lowest BCUT2D eigenvalue weighted by Crippen LogP contribution is -1.92. The molecule has 0 aliphatic heterocycles. The van der Waals surface area contributed by atoms with Gasteiger partial charge in [-0.05, 0) is 43.4 Å². The Hall–Kier alpha value is -1.86. The molecule has 4 heteroatoms. The number of rotatable bonds is 2. The first-order chi connectivity index (χ1) is 9.28. The van der Waals surface area contributed by atoms with Crippen LogP contribution in [0.1, 0.15) is 10.6 Å². The topological polar surface area (TPSA) is 56.9 Å². The highest BCUT2D eigenvalue weighted by molar-refractivity contribution is 7.15. The third-order valence-electron chi connectivity index (χ3n) is 2.80. The summed E-state index contributed by atoms with van der Waals surface area (Å²) < 4.78 is 0. The van der Waals surface area contributed by atoms with Crippen LogP contribution in [-0.2, 0) is 0 Å². The van der Waals surface area contributed by atoms with Crippen LogP contribution in [-0.4, -0.2) is 10.1 Å². The van der Waals surface area contributed by atoms with E-state index >= 15 is 0 Å². The highest BCUT2D eigenvalue weighted by Gasteiger charge is 2.24. The van der Waals surface area contributed by atoms with Crippen LogP contribution in [0.3, 0.4) is 0 Å². The summed E-state index contributed by atoms with van der Waals surface area (Å²) in [6.45, 7) is 0. The monoisotopic (exact) mass is 265 g/mol. The minimum absolute atomic E-state index is 0.0332. The average Bonchev–Trinajstić information content (AvgIpc) is 3.08. The van der Waals surface area contributed by atoms with Crippen LogP contribution in [0.25, 0.3) is 10.4 Å². The quantitative estimate of drug-likeness (QED) is 0.907. The van der Waals surface area contributed by atoms with Gasteiger partial charge in [-0.2, -0.15) is 5.26 Å². The van der Waals surface area contributed by atoms with Crippen molar-refractivity contribution in [1.29, 1.82) is 5.26 Å². The van der Waals surface area contributed by atoms with E-state index in [1.54, 1.807) is 12.1 Å². The fourth-order valence-corrected chi connectivity index (χ4v) is 2.81. The molecule has 1 fully saturated rings. The molecule has 1 aliphatic carbocycles. The minimum Gasteiger partial charge on any atom is -0.492 e. The number of benzene rings is 1. The van der Waals surface area contributed by atoms with Crippen molar-refractivity contribution in [1.82, 2.24) is 4.98 Å². The van der Waals surface area contributed by atoms with Gasteiger partial charge in [-0.15, -0.1) is 11.3 Å². The highest BCUT2D eigenvalue weighted by atomic mass is 32.1. The van der Waals surface area contributed by atoms with Crippen LogP contribution in [0.5, 0.6) is 5.88 Å². The maximum Gasteiger partial charge on any atom is 0.230 e. The smallest absolute Gasteiger partial charge is 0.230 e. The lowest BCUT2D eigenvalue weighted by Gasteiger charge is -2.00. The second-order valence-corrected chi connectivity index (χ2v) is 5.03. The van der Waals surface area contributed by atoms with E-state index in [9.17, 15) is 5.11 Å². The summed E-state index contributed by atoms with van der Waals surface area (Å²) in [5.74, 6) is 1.03. The minimum atomic E-state index is 0.0332. The molecular formula is C15H9N2OS. The number of aromatic nitrogens is 1. The summed E-state index contributed by atoms with van der Waals surface area (Å²) in [5, 5.41) is 19.5. The van der Waals surface area contributed by atoms with Gasteiger partial charge in [0.15, 0.2) is 0 Å². The maximum absolute atomic E-state index is 9.94. The summed E-state index contributed by atoms with van der Waals surface area (Å²) >= 11 is 1.44. The van der Waals surface area contributed by atoms with Crippen molar-refractivity contribution in [3.63, 3.8) is 0 Å². The second kappa shape index (κ2) is 5.02. The molecule has 19 heavy (non-hydrogen) atoms. The first-order valence-electron chi connectivity index (χ1n) is 5.70. The van der Waals surface area contributed by atoms with E-state index in [4.69, 9.17) is 5.26 Å². The van der Waals surface area contributed by atoms with Gasteiger partial charge in [-0.3, -0.25) is 0 Å². The molecule has 1 saturated carbocycles. The van der Waals surface area contributed by atoms with Crippen molar-refractivity contribution in [3.8, 4) is 22.4 Å². The predicted molar refractivity (Wildman–Crippen MR) is 73.5 cm³/mol. The molecule has 5 radical (unpaired) electrons. The van der Waals surface area contributed by atoms with Crippen molar-refractivity contribution in [2.45, 2.75) is 0 Å². The second-order valence-electron chi connectivity index (χ2n) is 4.03. The average molecular weight is 265 g/mol. The van der Waals surface area contributed by atoms with Gasteiger partial charge in [-0.1, -0.05) is 12.1 Å². The Labute approximate surface area is 116 Å². The number of hydrogen-bond donors (Lipinski definition) is 1. The molecule has 1 aromatic heterocycles. The zero-order valence-corrected chi connectivity index (χ0v) is 10.7. The molecule has 2 aromatic rings. The molecule has 91 valence electrons. The van der Waals surface area contributed by atoms with Crippen LogP contribution in [0.2, 0.25) is 0 Å². The van der Waals surface area contributed by atoms with E-state index in [2.05, 4.69) is 11.1 Å². The van der Waals surface area contributed by atoms with Gasteiger partial charge in [-0.25, -0.2) is 4.98 Å².